The Morgan fingerprint density at radius 3 is 1.21 bits per heavy atom. The maximum absolute atomic E-state index is 12.4. The molecule has 5 nitrogen and oxygen atoms in total. The van der Waals surface area contributed by atoms with Crippen LogP contribution in [0.15, 0.2) is 12.2 Å². The lowest BCUT2D eigenvalue weighted by Gasteiger charge is -2.26. The topological polar surface area (TPSA) is 89.8 Å². The number of carbonyl (C=O) groups excluding carboxylic acids is 1. The highest BCUT2D eigenvalue weighted by Gasteiger charge is 2.26. The molecule has 0 spiro atoms. The van der Waals surface area contributed by atoms with Crippen molar-refractivity contribution in [3.8, 4) is 0 Å². The van der Waals surface area contributed by atoms with Crippen molar-refractivity contribution in [2.75, 3.05) is 6.61 Å². The van der Waals surface area contributed by atoms with Crippen molar-refractivity contribution in [2.24, 2.45) is 0 Å². The molecule has 0 aliphatic heterocycles. The predicted octanol–water partition coefficient (Wildman–Crippen LogP) is 12.0. The minimum absolute atomic E-state index is 0.151. The van der Waals surface area contributed by atoms with E-state index in [1.807, 2.05) is 0 Å². The van der Waals surface area contributed by atoms with Crippen LogP contribution in [0.2, 0.25) is 0 Å². The van der Waals surface area contributed by atoms with E-state index in [2.05, 4.69) is 31.3 Å². The molecule has 0 aliphatic carbocycles. The molecule has 0 heterocycles. The molecule has 5 heteroatoms. The molecular weight excluding hydrogens is 594 g/mol. The first-order chi connectivity index (χ1) is 23.6. The van der Waals surface area contributed by atoms with Gasteiger partial charge in [0.1, 0.15) is 6.10 Å². The van der Waals surface area contributed by atoms with E-state index < -0.39 is 18.2 Å². The Hall–Kier alpha value is -0.910. The van der Waals surface area contributed by atoms with Gasteiger partial charge in [-0.3, -0.25) is 4.79 Å². The minimum Gasteiger partial charge on any atom is -0.394 e. The number of nitrogens with one attached hydrogen (secondary N) is 1. The summed E-state index contributed by atoms with van der Waals surface area (Å²) in [5.74, 6) is -0.151. The third-order valence-corrected chi connectivity index (χ3v) is 10.1. The number of aliphatic hydroxyl groups is 3. The van der Waals surface area contributed by atoms with Crippen molar-refractivity contribution >= 4 is 5.91 Å². The van der Waals surface area contributed by atoms with Gasteiger partial charge in [-0.15, -0.1) is 0 Å². The summed E-state index contributed by atoms with van der Waals surface area (Å²) < 4.78 is 0. The summed E-state index contributed by atoms with van der Waals surface area (Å²) in [4.78, 5) is 12.4. The third-order valence-electron chi connectivity index (χ3n) is 10.1. The second-order valence-electron chi connectivity index (χ2n) is 14.9. The van der Waals surface area contributed by atoms with Gasteiger partial charge in [0.25, 0.3) is 0 Å². The van der Waals surface area contributed by atoms with E-state index >= 15 is 0 Å². The van der Waals surface area contributed by atoms with Gasteiger partial charge in [-0.05, 0) is 38.5 Å². The molecule has 48 heavy (non-hydrogen) atoms. The SMILES string of the molecule is CCCCCCCCC/C=C/CCC[C@@H](O)[C@@H](O)[C@@H](CO)NC(=O)CCCCCCCCCCCCCCCCCCCCCCCC. The summed E-state index contributed by atoms with van der Waals surface area (Å²) in [6, 6.07) is -0.819. The van der Waals surface area contributed by atoms with Crippen LogP contribution in [0.3, 0.4) is 0 Å². The van der Waals surface area contributed by atoms with Crippen LogP contribution in [0.1, 0.15) is 232 Å². The van der Waals surface area contributed by atoms with Crippen molar-refractivity contribution in [3.63, 3.8) is 0 Å². The summed E-state index contributed by atoms with van der Waals surface area (Å²) in [7, 11) is 0. The first kappa shape index (κ1) is 47.1. The van der Waals surface area contributed by atoms with Crippen LogP contribution in [0, 0.1) is 0 Å². The Bertz CT molecular complexity index is 669. The normalized spacial score (nSPS) is 13.7. The van der Waals surface area contributed by atoms with Crippen LogP contribution < -0.4 is 5.32 Å². The van der Waals surface area contributed by atoms with Crippen LogP contribution in [0.4, 0.5) is 0 Å². The van der Waals surface area contributed by atoms with Gasteiger partial charge in [0.05, 0.1) is 18.8 Å². The molecule has 0 radical (unpaired) electrons. The van der Waals surface area contributed by atoms with Gasteiger partial charge >= 0.3 is 0 Å². The zero-order chi connectivity index (χ0) is 35.2. The fourth-order valence-corrected chi connectivity index (χ4v) is 6.75. The molecule has 0 aromatic carbocycles. The largest absolute Gasteiger partial charge is 0.394 e. The lowest BCUT2D eigenvalue weighted by Crippen LogP contribution is -2.50. The van der Waals surface area contributed by atoms with E-state index in [9.17, 15) is 20.1 Å². The monoisotopic (exact) mass is 680 g/mol. The van der Waals surface area contributed by atoms with E-state index in [4.69, 9.17) is 0 Å². The summed E-state index contributed by atoms with van der Waals surface area (Å²) in [5, 5.41) is 33.4. The van der Waals surface area contributed by atoms with Gasteiger partial charge < -0.3 is 20.6 Å². The van der Waals surface area contributed by atoms with Gasteiger partial charge in [-0.1, -0.05) is 199 Å². The highest BCUT2D eigenvalue weighted by Crippen LogP contribution is 2.16. The molecule has 286 valence electrons. The van der Waals surface area contributed by atoms with Gasteiger partial charge in [-0.25, -0.2) is 0 Å². The molecule has 0 aliphatic rings. The fourth-order valence-electron chi connectivity index (χ4n) is 6.75. The van der Waals surface area contributed by atoms with Crippen LogP contribution in [0.25, 0.3) is 0 Å². The Balaban J connectivity index is 3.59. The molecule has 0 saturated heterocycles. The highest BCUT2D eigenvalue weighted by molar-refractivity contribution is 5.76. The van der Waals surface area contributed by atoms with E-state index in [0.29, 0.717) is 12.8 Å². The van der Waals surface area contributed by atoms with Gasteiger partial charge in [0, 0.05) is 6.42 Å². The summed E-state index contributed by atoms with van der Waals surface area (Å²) in [5.41, 5.74) is 0. The maximum Gasteiger partial charge on any atom is 0.220 e. The molecule has 1 amide bonds. The van der Waals surface area contributed by atoms with Crippen molar-refractivity contribution in [3.05, 3.63) is 12.2 Å². The maximum atomic E-state index is 12.4. The molecular formula is C43H85NO4. The average molecular weight is 680 g/mol. The smallest absolute Gasteiger partial charge is 0.220 e. The molecule has 3 atom stereocenters. The minimum atomic E-state index is -1.15. The molecule has 0 bridgehead atoms. The number of hydrogen-bond donors (Lipinski definition) is 4. The quantitative estimate of drug-likeness (QED) is 0.0384. The van der Waals surface area contributed by atoms with Gasteiger partial charge in [0.15, 0.2) is 0 Å². The number of allylic oxidation sites excluding steroid dienone is 2. The second-order valence-corrected chi connectivity index (χ2v) is 14.9. The van der Waals surface area contributed by atoms with Gasteiger partial charge in [-0.2, -0.15) is 0 Å². The van der Waals surface area contributed by atoms with E-state index in [0.717, 1.165) is 38.5 Å². The fraction of sp³-hybridized carbons (Fsp3) is 0.930. The Morgan fingerprint density at radius 2 is 0.833 bits per heavy atom. The van der Waals surface area contributed by atoms with E-state index in [1.54, 1.807) is 0 Å². The second kappa shape index (κ2) is 38.9. The van der Waals surface area contributed by atoms with Crippen LogP contribution in [0.5, 0.6) is 0 Å². The molecule has 0 aromatic rings. The molecule has 0 fully saturated rings. The zero-order valence-electron chi connectivity index (χ0n) is 32.4. The van der Waals surface area contributed by atoms with E-state index in [-0.39, 0.29) is 12.5 Å². The number of rotatable bonds is 39. The Labute approximate surface area is 299 Å². The number of amides is 1. The number of hydrogen-bond acceptors (Lipinski definition) is 4. The van der Waals surface area contributed by atoms with Crippen molar-refractivity contribution in [1.29, 1.82) is 0 Å². The number of aliphatic hydroxyl groups excluding tert-OH is 3. The first-order valence-electron chi connectivity index (χ1n) is 21.5. The van der Waals surface area contributed by atoms with E-state index in [1.165, 1.54) is 167 Å². The number of carbonyl (C=O) groups is 1. The van der Waals surface area contributed by atoms with Crippen LogP contribution in [-0.4, -0.2) is 46.1 Å². The summed E-state index contributed by atoms with van der Waals surface area (Å²) in [6.07, 6.45) is 44.7. The zero-order valence-corrected chi connectivity index (χ0v) is 32.4. The lowest BCUT2D eigenvalue weighted by molar-refractivity contribution is -0.124. The van der Waals surface area contributed by atoms with Crippen molar-refractivity contribution in [2.45, 2.75) is 250 Å². The first-order valence-corrected chi connectivity index (χ1v) is 21.5. The Kier molecular flexibility index (Phi) is 38.1. The highest BCUT2D eigenvalue weighted by atomic mass is 16.3. The number of unbranched alkanes of at least 4 members (excludes halogenated alkanes) is 29. The lowest BCUT2D eigenvalue weighted by atomic mass is 10.0. The molecule has 0 unspecified atom stereocenters. The molecule has 0 rings (SSSR count). The van der Waals surface area contributed by atoms with Gasteiger partial charge in [0.2, 0.25) is 5.91 Å². The standard InChI is InChI=1S/C43H85NO4/c1-3-5-7-9-11-13-15-17-18-19-20-21-22-23-24-25-26-28-30-32-34-36-38-42(47)44-40(39-45)43(48)41(46)37-35-33-31-29-27-16-14-12-10-8-6-4-2/h29,31,40-41,43,45-46,48H,3-28,30,32-39H2,1-2H3,(H,44,47)/b31-29+/t40-,41-,43+/m1/s1. The van der Waals surface area contributed by atoms with Crippen molar-refractivity contribution in [1.82, 2.24) is 5.32 Å². The van der Waals surface area contributed by atoms with Crippen LogP contribution in [-0.2, 0) is 4.79 Å². The third kappa shape index (κ3) is 33.6. The molecule has 0 saturated carbocycles. The van der Waals surface area contributed by atoms with Crippen molar-refractivity contribution < 1.29 is 20.1 Å². The van der Waals surface area contributed by atoms with Crippen LogP contribution >= 0.6 is 0 Å². The molecule has 4 N–H and O–H groups in total. The summed E-state index contributed by atoms with van der Waals surface area (Å²) in [6.45, 7) is 4.16. The summed E-state index contributed by atoms with van der Waals surface area (Å²) >= 11 is 0. The average Bonchev–Trinajstić information content (AvgIpc) is 3.09. The molecule has 0 aromatic heterocycles. The predicted molar refractivity (Wildman–Crippen MR) is 208 cm³/mol. The Morgan fingerprint density at radius 1 is 0.500 bits per heavy atom.